The van der Waals surface area contributed by atoms with Gasteiger partial charge in [-0.05, 0) is 57.6 Å². The Balaban J connectivity index is 1.27. The van der Waals surface area contributed by atoms with Gasteiger partial charge in [0.2, 0.25) is 0 Å². The van der Waals surface area contributed by atoms with Gasteiger partial charge in [0, 0.05) is 33.4 Å². The summed E-state index contributed by atoms with van der Waals surface area (Å²) in [5, 5.41) is 0. The van der Waals surface area contributed by atoms with Gasteiger partial charge in [0.15, 0.2) is 40.6 Å². The second-order valence-corrected chi connectivity index (χ2v) is 14.6. The third kappa shape index (κ3) is 7.75. The van der Waals surface area contributed by atoms with Gasteiger partial charge < -0.3 is 0 Å². The van der Waals surface area contributed by atoms with Crippen molar-refractivity contribution in [2.24, 2.45) is 0 Å². The van der Waals surface area contributed by atoms with Crippen molar-refractivity contribution < 1.29 is 0 Å². The fourth-order valence-electron chi connectivity index (χ4n) is 7.53. The number of hydrogen-bond acceptors (Lipinski definition) is 6. The van der Waals surface area contributed by atoms with E-state index in [1.54, 1.807) is 0 Å². The maximum absolute atomic E-state index is 7.77. The number of hydrogen-bond donors (Lipinski definition) is 0. The SMILES string of the molecule is [C-]#[N+]c1cccc(-c2ccc(-c3nc(-c4ccccc4)nc(-c4ccccc4)n3)c(-c3ccc(-c4ccccc4)cc3-c3nc(-c4ccccc4)nc(-c4ccccc4)n3)c2)c1. The molecule has 0 N–H and O–H groups in total. The lowest BCUT2D eigenvalue weighted by molar-refractivity contribution is 1.07. The molecule has 0 unspecified atom stereocenters. The van der Waals surface area contributed by atoms with Crippen LogP contribution >= 0.6 is 0 Å². The van der Waals surface area contributed by atoms with Crippen LogP contribution in [-0.2, 0) is 0 Å². The molecular formula is C55H35N7. The van der Waals surface area contributed by atoms with E-state index in [0.29, 0.717) is 40.6 Å². The fraction of sp³-hybridized carbons (Fsp3) is 0. The van der Waals surface area contributed by atoms with E-state index in [4.69, 9.17) is 36.5 Å². The molecule has 7 nitrogen and oxygen atoms in total. The quantitative estimate of drug-likeness (QED) is 0.135. The van der Waals surface area contributed by atoms with Gasteiger partial charge >= 0.3 is 0 Å². The van der Waals surface area contributed by atoms with E-state index in [0.717, 1.165) is 66.8 Å². The Morgan fingerprint density at radius 2 is 0.581 bits per heavy atom. The number of aromatic nitrogens is 6. The van der Waals surface area contributed by atoms with Crippen LogP contribution in [0.25, 0.3) is 107 Å². The van der Waals surface area contributed by atoms with Crippen molar-refractivity contribution >= 4 is 5.69 Å². The minimum Gasteiger partial charge on any atom is -0.238 e. The van der Waals surface area contributed by atoms with Crippen molar-refractivity contribution in [3.8, 4) is 102 Å². The Labute approximate surface area is 359 Å². The second-order valence-electron chi connectivity index (χ2n) is 14.6. The zero-order valence-corrected chi connectivity index (χ0v) is 33.3. The molecule has 0 aliphatic rings. The molecule has 0 bridgehead atoms. The zero-order chi connectivity index (χ0) is 41.7. The first-order chi connectivity index (χ1) is 30.7. The second kappa shape index (κ2) is 16.9. The molecule has 7 heteroatoms. The summed E-state index contributed by atoms with van der Waals surface area (Å²) in [6, 6.07) is 70.7. The fourth-order valence-corrected chi connectivity index (χ4v) is 7.53. The highest BCUT2D eigenvalue weighted by Crippen LogP contribution is 2.42. The summed E-state index contributed by atoms with van der Waals surface area (Å²) in [5.74, 6) is 3.28. The third-order valence-corrected chi connectivity index (χ3v) is 10.6. The third-order valence-electron chi connectivity index (χ3n) is 10.6. The summed E-state index contributed by atoms with van der Waals surface area (Å²) < 4.78 is 0. The van der Waals surface area contributed by atoms with Crippen molar-refractivity contribution in [2.75, 3.05) is 0 Å². The average Bonchev–Trinajstić information content (AvgIpc) is 3.37. The highest BCUT2D eigenvalue weighted by Gasteiger charge is 2.22. The van der Waals surface area contributed by atoms with Crippen LogP contribution in [-0.4, -0.2) is 29.9 Å². The van der Waals surface area contributed by atoms with Gasteiger partial charge in [-0.25, -0.2) is 34.7 Å². The lowest BCUT2D eigenvalue weighted by atomic mass is 9.89. The van der Waals surface area contributed by atoms with Gasteiger partial charge in [0.1, 0.15) is 0 Å². The number of benzene rings is 8. The van der Waals surface area contributed by atoms with E-state index < -0.39 is 0 Å². The van der Waals surface area contributed by atoms with Crippen LogP contribution in [0.15, 0.2) is 212 Å². The van der Waals surface area contributed by atoms with E-state index in [1.807, 2.05) is 164 Å². The molecule has 290 valence electrons. The molecule has 0 fully saturated rings. The molecule has 0 aliphatic carbocycles. The van der Waals surface area contributed by atoms with Crippen LogP contribution in [0.3, 0.4) is 0 Å². The molecule has 2 heterocycles. The van der Waals surface area contributed by atoms with E-state index in [1.165, 1.54) is 0 Å². The van der Waals surface area contributed by atoms with E-state index in [-0.39, 0.29) is 0 Å². The van der Waals surface area contributed by atoms with Crippen molar-refractivity contribution in [1.82, 2.24) is 29.9 Å². The highest BCUT2D eigenvalue weighted by molar-refractivity contribution is 5.94. The summed E-state index contributed by atoms with van der Waals surface area (Å²) in [6.45, 7) is 7.77. The Hall–Kier alpha value is -8.73. The van der Waals surface area contributed by atoms with Crippen LogP contribution in [0.1, 0.15) is 0 Å². The van der Waals surface area contributed by atoms with E-state index in [9.17, 15) is 0 Å². The van der Waals surface area contributed by atoms with Crippen LogP contribution < -0.4 is 0 Å². The van der Waals surface area contributed by atoms with Crippen molar-refractivity contribution in [1.29, 1.82) is 0 Å². The molecule has 0 saturated carbocycles. The summed E-state index contributed by atoms with van der Waals surface area (Å²) in [7, 11) is 0. The molecule has 0 radical (unpaired) electrons. The van der Waals surface area contributed by atoms with Crippen LogP contribution in [0, 0.1) is 6.57 Å². The molecule has 10 rings (SSSR count). The molecule has 2 aromatic heterocycles. The molecule has 8 aromatic carbocycles. The standard InChI is InChI=1S/C55H35N7/c1-56-45-29-17-28-42(34-45)44-31-33-47(54-59-50(38-20-9-3-10-21-38)57-51(60-54)39-22-11-4-12-23-39)48(35-44)46-32-30-43(37-18-7-2-8-19-37)36-49(46)55-61-52(40-24-13-5-14-25-40)58-53(62-55)41-26-15-6-16-27-41/h2-36H. The average molecular weight is 794 g/mol. The van der Waals surface area contributed by atoms with Gasteiger partial charge in [-0.15, -0.1) is 0 Å². The minimum atomic E-state index is 0.512. The van der Waals surface area contributed by atoms with Gasteiger partial charge in [0.25, 0.3) is 0 Å². The van der Waals surface area contributed by atoms with Crippen LogP contribution in [0.2, 0.25) is 0 Å². The summed E-state index contributed by atoms with van der Waals surface area (Å²) >= 11 is 0. The predicted octanol–water partition coefficient (Wildman–Crippen LogP) is 13.6. The van der Waals surface area contributed by atoms with Gasteiger partial charge in [-0.1, -0.05) is 188 Å². The van der Waals surface area contributed by atoms with E-state index in [2.05, 4.69) is 53.4 Å². The Morgan fingerprint density at radius 1 is 0.242 bits per heavy atom. The van der Waals surface area contributed by atoms with Crippen LogP contribution in [0.5, 0.6) is 0 Å². The van der Waals surface area contributed by atoms with Crippen molar-refractivity contribution in [2.45, 2.75) is 0 Å². The highest BCUT2D eigenvalue weighted by atomic mass is 15.0. The van der Waals surface area contributed by atoms with Gasteiger partial charge in [-0.3, -0.25) is 0 Å². The Kier molecular flexibility index (Phi) is 10.2. The first-order valence-corrected chi connectivity index (χ1v) is 20.2. The smallest absolute Gasteiger partial charge is 0.187 e. The Morgan fingerprint density at radius 3 is 1.03 bits per heavy atom. The van der Waals surface area contributed by atoms with Gasteiger partial charge in [0.05, 0.1) is 6.57 Å². The molecule has 10 aromatic rings. The van der Waals surface area contributed by atoms with E-state index >= 15 is 0 Å². The Bertz CT molecular complexity index is 3110. The topological polar surface area (TPSA) is 81.7 Å². The van der Waals surface area contributed by atoms with Crippen molar-refractivity contribution in [3.05, 3.63) is 224 Å². The minimum absolute atomic E-state index is 0.512. The largest absolute Gasteiger partial charge is 0.238 e. The monoisotopic (exact) mass is 793 g/mol. The van der Waals surface area contributed by atoms with Gasteiger partial charge in [-0.2, -0.15) is 0 Å². The maximum Gasteiger partial charge on any atom is 0.187 e. The molecule has 62 heavy (non-hydrogen) atoms. The normalized spacial score (nSPS) is 10.9. The number of nitrogens with zero attached hydrogens (tertiary/aromatic N) is 7. The van der Waals surface area contributed by atoms with Crippen LogP contribution in [0.4, 0.5) is 5.69 Å². The van der Waals surface area contributed by atoms with Crippen molar-refractivity contribution in [3.63, 3.8) is 0 Å². The summed E-state index contributed by atoms with van der Waals surface area (Å²) in [5.41, 5.74) is 11.3. The molecule has 0 spiro atoms. The molecule has 0 saturated heterocycles. The first-order valence-electron chi connectivity index (χ1n) is 20.2. The maximum atomic E-state index is 7.77. The zero-order valence-electron chi connectivity index (χ0n) is 33.3. The summed E-state index contributed by atoms with van der Waals surface area (Å²) in [6.07, 6.45) is 0. The predicted molar refractivity (Wildman–Crippen MR) is 248 cm³/mol. The lowest BCUT2D eigenvalue weighted by Crippen LogP contribution is -2.03. The first kappa shape index (κ1) is 37.5. The molecule has 0 aliphatic heterocycles. The number of rotatable bonds is 9. The molecular weight excluding hydrogens is 759 g/mol. The molecule has 0 amide bonds. The molecule has 0 atom stereocenters. The lowest BCUT2D eigenvalue weighted by Gasteiger charge is -2.18. The summed E-state index contributed by atoms with van der Waals surface area (Å²) in [4.78, 5) is 34.6.